The summed E-state index contributed by atoms with van der Waals surface area (Å²) in [5, 5.41) is 7.58. The van der Waals surface area contributed by atoms with Crippen LogP contribution in [0, 0.1) is 6.92 Å². The van der Waals surface area contributed by atoms with Gasteiger partial charge in [-0.1, -0.05) is 90.5 Å². The fourth-order valence-corrected chi connectivity index (χ4v) is 7.26. The van der Waals surface area contributed by atoms with Gasteiger partial charge in [0.05, 0.1) is 22.8 Å². The average molecular weight is 841 g/mol. The molecule has 310 valence electrons. The molecular weight excluding hydrogens is 807 g/mol. The lowest BCUT2D eigenvalue weighted by Crippen LogP contribution is -2.11. The third-order valence-corrected chi connectivity index (χ3v) is 10.4. The molecule has 0 fully saturated rings. The standard InChI is InChI=1S/C24H16F3N3O.C24H18F3N3O/c25-24(26,27)22-13-21(30(29-22)18-8-5-14(6-9-18)23(28)31)16-7-10-20-17(12-16)11-15-3-1-2-4-19(15)20;1-15-2-4-16(5-3-15)17-6-8-18(9-7-17)21-14-22(24(25,26)27)29-30(21)20-12-10-19(11-13-20)23(28)31/h1-10,12-13H,11H2,(H2,28,31);2-14H,1H3,(H2,28,31). The molecule has 0 atom stereocenters. The van der Waals surface area contributed by atoms with Gasteiger partial charge >= 0.3 is 12.4 Å². The molecule has 1 aliphatic rings. The Balaban J connectivity index is 0.000000171. The molecule has 0 saturated carbocycles. The lowest BCUT2D eigenvalue weighted by atomic mass is 10.0. The number of amides is 2. The minimum absolute atomic E-state index is 0.260. The van der Waals surface area contributed by atoms with Gasteiger partial charge in [-0.15, -0.1) is 0 Å². The Labute approximate surface area is 350 Å². The highest BCUT2D eigenvalue weighted by Crippen LogP contribution is 2.40. The first kappa shape index (κ1) is 41.0. The molecule has 2 amide bonds. The molecule has 4 N–H and O–H groups in total. The van der Waals surface area contributed by atoms with E-state index in [0.29, 0.717) is 28.2 Å². The third-order valence-electron chi connectivity index (χ3n) is 10.4. The van der Waals surface area contributed by atoms with Gasteiger partial charge in [0.2, 0.25) is 11.8 Å². The minimum Gasteiger partial charge on any atom is -0.366 e. The van der Waals surface area contributed by atoms with Crippen LogP contribution >= 0.6 is 0 Å². The van der Waals surface area contributed by atoms with E-state index in [1.54, 1.807) is 12.1 Å². The number of hydrogen-bond acceptors (Lipinski definition) is 4. The van der Waals surface area contributed by atoms with E-state index in [4.69, 9.17) is 11.5 Å². The highest BCUT2D eigenvalue weighted by Gasteiger charge is 2.36. The quantitative estimate of drug-likeness (QED) is 0.155. The van der Waals surface area contributed by atoms with E-state index in [-0.39, 0.29) is 16.8 Å². The van der Waals surface area contributed by atoms with Crippen molar-refractivity contribution in [3.05, 3.63) is 191 Å². The average Bonchev–Trinajstić information content (AvgIpc) is 4.01. The fourth-order valence-electron chi connectivity index (χ4n) is 7.26. The van der Waals surface area contributed by atoms with E-state index < -0.39 is 35.6 Å². The van der Waals surface area contributed by atoms with Gasteiger partial charge in [0.1, 0.15) is 0 Å². The summed E-state index contributed by atoms with van der Waals surface area (Å²) in [4.78, 5) is 22.6. The second-order valence-corrected chi connectivity index (χ2v) is 14.6. The van der Waals surface area contributed by atoms with E-state index in [2.05, 4.69) is 16.3 Å². The zero-order valence-electron chi connectivity index (χ0n) is 32.7. The number of halogens is 6. The Morgan fingerprint density at radius 3 is 1.40 bits per heavy atom. The fraction of sp³-hybridized carbons (Fsp3) is 0.0833. The topological polar surface area (TPSA) is 122 Å². The van der Waals surface area contributed by atoms with Crippen LogP contribution < -0.4 is 11.5 Å². The molecule has 6 aromatic carbocycles. The van der Waals surface area contributed by atoms with Gasteiger partial charge in [-0.2, -0.15) is 36.5 Å². The van der Waals surface area contributed by atoms with Crippen LogP contribution in [0.15, 0.2) is 152 Å². The Hall–Kier alpha value is -7.74. The SMILES string of the molecule is Cc1ccc(-c2ccc(-c3cc(C(F)(F)F)nn3-c3ccc(C(N)=O)cc3)cc2)cc1.NC(=O)c1ccc(-n2nc(C(F)(F)F)cc2-c2ccc3c(c2)Cc2ccccc2-3)cc1. The van der Waals surface area contributed by atoms with Crippen LogP contribution in [0.25, 0.3) is 56.1 Å². The molecule has 0 unspecified atom stereocenters. The van der Waals surface area contributed by atoms with Crippen molar-refractivity contribution in [2.24, 2.45) is 11.5 Å². The number of rotatable bonds is 7. The monoisotopic (exact) mass is 840 g/mol. The van der Waals surface area contributed by atoms with Crippen molar-refractivity contribution < 1.29 is 35.9 Å². The summed E-state index contributed by atoms with van der Waals surface area (Å²) in [5.74, 6) is -1.23. The van der Waals surface area contributed by atoms with E-state index in [1.807, 2.05) is 79.7 Å². The van der Waals surface area contributed by atoms with Crippen LogP contribution in [0.2, 0.25) is 0 Å². The summed E-state index contributed by atoms with van der Waals surface area (Å²) in [6.07, 6.45) is -8.44. The summed E-state index contributed by atoms with van der Waals surface area (Å²) in [5.41, 5.74) is 19.3. The van der Waals surface area contributed by atoms with E-state index in [9.17, 15) is 35.9 Å². The number of nitrogens with two attached hydrogens (primary N) is 2. The second-order valence-electron chi connectivity index (χ2n) is 14.6. The summed E-state index contributed by atoms with van der Waals surface area (Å²) < 4.78 is 82.9. The Morgan fingerprint density at radius 2 is 0.919 bits per heavy atom. The van der Waals surface area contributed by atoms with E-state index in [1.165, 1.54) is 63.5 Å². The van der Waals surface area contributed by atoms with E-state index >= 15 is 0 Å². The number of carbonyl (C=O) groups is 2. The van der Waals surface area contributed by atoms with Crippen LogP contribution in [0.3, 0.4) is 0 Å². The van der Waals surface area contributed by atoms with E-state index in [0.717, 1.165) is 51.9 Å². The largest absolute Gasteiger partial charge is 0.435 e. The van der Waals surface area contributed by atoms with Crippen LogP contribution in [-0.4, -0.2) is 31.4 Å². The normalized spacial score (nSPS) is 12.0. The molecule has 2 aromatic heterocycles. The predicted molar refractivity (Wildman–Crippen MR) is 223 cm³/mol. The van der Waals surface area contributed by atoms with Crippen molar-refractivity contribution in [1.29, 1.82) is 0 Å². The van der Waals surface area contributed by atoms with Crippen LogP contribution in [0.5, 0.6) is 0 Å². The molecule has 2 heterocycles. The van der Waals surface area contributed by atoms with Gasteiger partial charge in [0.25, 0.3) is 0 Å². The molecular formula is C48H34F6N6O2. The maximum atomic E-state index is 13.4. The summed E-state index contributed by atoms with van der Waals surface area (Å²) >= 11 is 0. The minimum atomic E-state index is -4.59. The first-order valence-corrected chi connectivity index (χ1v) is 19.1. The summed E-state index contributed by atoms with van der Waals surface area (Å²) in [6, 6.07) is 43.0. The zero-order chi connectivity index (χ0) is 43.9. The lowest BCUT2D eigenvalue weighted by molar-refractivity contribution is -0.142. The Bertz CT molecular complexity index is 2950. The van der Waals surface area contributed by atoms with Gasteiger partial charge in [-0.3, -0.25) is 9.59 Å². The Morgan fingerprint density at radius 1 is 0.500 bits per heavy atom. The first-order chi connectivity index (χ1) is 29.5. The molecule has 8 aromatic rings. The smallest absolute Gasteiger partial charge is 0.366 e. The second kappa shape index (κ2) is 16.0. The number of primary amides is 2. The van der Waals surface area contributed by atoms with Crippen LogP contribution in [0.1, 0.15) is 48.8 Å². The number of fused-ring (bicyclic) bond motifs is 3. The number of nitrogens with zero attached hydrogens (tertiary/aromatic N) is 4. The van der Waals surface area contributed by atoms with Crippen LogP contribution in [0.4, 0.5) is 26.3 Å². The van der Waals surface area contributed by atoms with Gasteiger partial charge in [-0.05, 0) is 113 Å². The molecule has 62 heavy (non-hydrogen) atoms. The van der Waals surface area contributed by atoms with Crippen molar-refractivity contribution in [2.45, 2.75) is 25.7 Å². The molecule has 0 spiro atoms. The number of carbonyl (C=O) groups excluding carboxylic acids is 2. The molecule has 0 saturated heterocycles. The maximum Gasteiger partial charge on any atom is 0.435 e. The van der Waals surface area contributed by atoms with Gasteiger partial charge in [0, 0.05) is 22.3 Å². The first-order valence-electron chi connectivity index (χ1n) is 19.1. The van der Waals surface area contributed by atoms with Gasteiger partial charge in [0.15, 0.2) is 11.4 Å². The predicted octanol–water partition coefficient (Wildman–Crippen LogP) is 10.9. The summed E-state index contributed by atoms with van der Waals surface area (Å²) in [7, 11) is 0. The number of aryl methyl sites for hydroxylation is 1. The van der Waals surface area contributed by atoms with Gasteiger partial charge in [-0.25, -0.2) is 9.36 Å². The van der Waals surface area contributed by atoms with Gasteiger partial charge < -0.3 is 11.5 Å². The number of hydrogen-bond donors (Lipinski definition) is 2. The molecule has 14 heteroatoms. The van der Waals surface area contributed by atoms with Crippen molar-refractivity contribution in [3.8, 4) is 56.1 Å². The maximum absolute atomic E-state index is 13.4. The third kappa shape index (κ3) is 8.35. The molecule has 0 bridgehead atoms. The molecule has 8 nitrogen and oxygen atoms in total. The van der Waals surface area contributed by atoms with Crippen molar-refractivity contribution in [2.75, 3.05) is 0 Å². The summed E-state index contributed by atoms with van der Waals surface area (Å²) in [6.45, 7) is 2.00. The van der Waals surface area contributed by atoms with Crippen molar-refractivity contribution in [1.82, 2.24) is 19.6 Å². The van der Waals surface area contributed by atoms with Crippen LogP contribution in [-0.2, 0) is 18.8 Å². The molecule has 0 aliphatic heterocycles. The zero-order valence-corrected chi connectivity index (χ0v) is 32.7. The number of benzene rings is 6. The highest BCUT2D eigenvalue weighted by molar-refractivity contribution is 5.93. The molecule has 1 aliphatic carbocycles. The molecule has 9 rings (SSSR count). The number of alkyl halides is 6. The van der Waals surface area contributed by atoms with Crippen molar-refractivity contribution in [3.63, 3.8) is 0 Å². The highest BCUT2D eigenvalue weighted by atomic mass is 19.4. The number of aromatic nitrogens is 4. The lowest BCUT2D eigenvalue weighted by Gasteiger charge is -2.10. The Kier molecular flexibility index (Phi) is 10.6. The molecule has 0 radical (unpaired) electrons. The van der Waals surface area contributed by atoms with Crippen molar-refractivity contribution >= 4 is 11.8 Å².